The van der Waals surface area contributed by atoms with Crippen LogP contribution in [0.2, 0.25) is 0 Å². The number of fused-ring (bicyclic) bond motifs is 1. The molecule has 0 spiro atoms. The number of aromatic amines is 1. The molecule has 2 heterocycles. The molecule has 0 aliphatic rings. The maximum absolute atomic E-state index is 13.5. The highest BCUT2D eigenvalue weighted by atomic mass is 32.1. The normalized spacial score (nSPS) is 11.1. The predicted octanol–water partition coefficient (Wildman–Crippen LogP) is 4.19. The second-order valence-corrected chi connectivity index (χ2v) is 6.87. The Morgan fingerprint density at radius 1 is 1.30 bits per heavy atom. The van der Waals surface area contributed by atoms with Crippen LogP contribution in [0.3, 0.4) is 0 Å². The first-order chi connectivity index (χ1) is 11.0. The lowest BCUT2D eigenvalue weighted by Gasteiger charge is -2.17. The van der Waals surface area contributed by atoms with E-state index in [0.29, 0.717) is 6.54 Å². The molecule has 2 aromatic heterocycles. The summed E-state index contributed by atoms with van der Waals surface area (Å²) in [5, 5.41) is 2.83. The summed E-state index contributed by atoms with van der Waals surface area (Å²) in [6, 6.07) is 6.69. The number of likely N-dealkylation sites (N-methyl/N-ethyl adjacent to an activating group) is 1. The van der Waals surface area contributed by atoms with Gasteiger partial charge in [-0.1, -0.05) is 0 Å². The number of carbonyl (C=O) groups is 1. The van der Waals surface area contributed by atoms with Gasteiger partial charge in [-0.25, -0.2) is 4.39 Å². The van der Waals surface area contributed by atoms with Crippen LogP contribution in [-0.2, 0) is 17.8 Å². The Labute approximate surface area is 138 Å². The highest BCUT2D eigenvalue weighted by molar-refractivity contribution is 7.10. The fraction of sp³-hybridized carbons (Fsp3) is 0.278. The van der Waals surface area contributed by atoms with Gasteiger partial charge >= 0.3 is 0 Å². The van der Waals surface area contributed by atoms with Crippen molar-refractivity contribution in [3.05, 3.63) is 57.2 Å². The van der Waals surface area contributed by atoms with Crippen LogP contribution in [-0.4, -0.2) is 22.8 Å². The van der Waals surface area contributed by atoms with Crippen LogP contribution >= 0.6 is 11.3 Å². The molecular weight excluding hydrogens is 311 g/mol. The zero-order valence-electron chi connectivity index (χ0n) is 13.4. The number of nitrogens with one attached hydrogen (secondary N) is 1. The third kappa shape index (κ3) is 3.15. The molecule has 3 rings (SSSR count). The van der Waals surface area contributed by atoms with Crippen LogP contribution in [0.4, 0.5) is 4.39 Å². The molecule has 23 heavy (non-hydrogen) atoms. The minimum Gasteiger partial charge on any atom is -0.358 e. The van der Waals surface area contributed by atoms with E-state index in [4.69, 9.17) is 0 Å². The van der Waals surface area contributed by atoms with Gasteiger partial charge in [0.15, 0.2) is 0 Å². The third-order valence-electron chi connectivity index (χ3n) is 4.18. The van der Waals surface area contributed by atoms with E-state index >= 15 is 0 Å². The lowest BCUT2D eigenvalue weighted by Crippen LogP contribution is -2.27. The second-order valence-electron chi connectivity index (χ2n) is 5.87. The molecule has 1 N–H and O–H groups in total. The molecule has 1 aromatic carbocycles. The molecule has 0 bridgehead atoms. The van der Waals surface area contributed by atoms with Gasteiger partial charge in [-0.2, -0.15) is 0 Å². The largest absolute Gasteiger partial charge is 0.358 e. The molecular formula is C18H19FN2OS. The Bertz CT molecular complexity index is 865. The topological polar surface area (TPSA) is 36.1 Å². The Balaban J connectivity index is 1.81. The van der Waals surface area contributed by atoms with E-state index in [1.165, 1.54) is 22.6 Å². The Morgan fingerprint density at radius 2 is 2.09 bits per heavy atom. The molecule has 3 aromatic rings. The summed E-state index contributed by atoms with van der Waals surface area (Å²) >= 11 is 1.66. The van der Waals surface area contributed by atoms with Gasteiger partial charge in [0, 0.05) is 28.5 Å². The molecule has 1 amide bonds. The van der Waals surface area contributed by atoms with Crippen LogP contribution < -0.4 is 0 Å². The minimum absolute atomic E-state index is 0.0334. The van der Waals surface area contributed by atoms with Crippen molar-refractivity contribution in [3.63, 3.8) is 0 Å². The Hall–Kier alpha value is -2.14. The van der Waals surface area contributed by atoms with Gasteiger partial charge in [-0.15, -0.1) is 11.3 Å². The predicted molar refractivity (Wildman–Crippen MR) is 92.2 cm³/mol. The third-order valence-corrected chi connectivity index (χ3v) is 5.19. The summed E-state index contributed by atoms with van der Waals surface area (Å²) in [7, 11) is 1.81. The molecule has 0 saturated heterocycles. The molecule has 0 radical (unpaired) electrons. The Kier molecular flexibility index (Phi) is 4.22. The number of aromatic nitrogens is 1. The molecule has 5 heteroatoms. The lowest BCUT2D eigenvalue weighted by atomic mass is 10.1. The number of benzene rings is 1. The molecule has 120 valence electrons. The van der Waals surface area contributed by atoms with Gasteiger partial charge in [0.05, 0.1) is 13.0 Å². The summed E-state index contributed by atoms with van der Waals surface area (Å²) in [6.45, 7) is 4.58. The average Bonchev–Trinajstić information content (AvgIpc) is 3.04. The quantitative estimate of drug-likeness (QED) is 0.765. The summed E-state index contributed by atoms with van der Waals surface area (Å²) in [4.78, 5) is 18.7. The molecule has 0 fully saturated rings. The average molecular weight is 330 g/mol. The number of halogens is 1. The van der Waals surface area contributed by atoms with Crippen LogP contribution in [0.25, 0.3) is 10.9 Å². The zero-order chi connectivity index (χ0) is 16.6. The van der Waals surface area contributed by atoms with E-state index in [9.17, 15) is 9.18 Å². The van der Waals surface area contributed by atoms with Crippen molar-refractivity contribution >= 4 is 28.1 Å². The SMILES string of the molecule is Cc1ccsc1CN(C)C(=O)Cc1c(C)[nH]c2ccc(F)cc12. The van der Waals surface area contributed by atoms with Crippen molar-refractivity contribution in [1.82, 2.24) is 9.88 Å². The van der Waals surface area contributed by atoms with E-state index in [1.807, 2.05) is 19.4 Å². The number of hydrogen-bond acceptors (Lipinski definition) is 2. The highest BCUT2D eigenvalue weighted by Gasteiger charge is 2.17. The molecule has 3 nitrogen and oxygen atoms in total. The Morgan fingerprint density at radius 3 is 2.78 bits per heavy atom. The standard InChI is InChI=1S/C18H19FN2OS/c1-11-6-7-23-17(11)10-21(3)18(22)9-14-12(2)20-16-5-4-13(19)8-15(14)16/h4-8,20H,9-10H2,1-3H3. The number of H-pyrrole nitrogens is 1. The fourth-order valence-electron chi connectivity index (χ4n) is 2.74. The van der Waals surface area contributed by atoms with E-state index in [2.05, 4.69) is 18.0 Å². The maximum atomic E-state index is 13.5. The first-order valence-corrected chi connectivity index (χ1v) is 8.37. The van der Waals surface area contributed by atoms with Crippen molar-refractivity contribution in [2.45, 2.75) is 26.8 Å². The monoisotopic (exact) mass is 330 g/mol. The first-order valence-electron chi connectivity index (χ1n) is 7.49. The summed E-state index contributed by atoms with van der Waals surface area (Å²) < 4.78 is 13.5. The zero-order valence-corrected chi connectivity index (χ0v) is 14.3. The van der Waals surface area contributed by atoms with E-state index in [0.717, 1.165) is 22.2 Å². The van der Waals surface area contributed by atoms with E-state index < -0.39 is 0 Å². The van der Waals surface area contributed by atoms with Gasteiger partial charge < -0.3 is 9.88 Å². The van der Waals surface area contributed by atoms with Crippen LogP contribution in [0.1, 0.15) is 21.7 Å². The number of hydrogen-bond donors (Lipinski definition) is 1. The first kappa shape index (κ1) is 15.7. The highest BCUT2D eigenvalue weighted by Crippen LogP contribution is 2.24. The summed E-state index contributed by atoms with van der Waals surface area (Å²) in [5.74, 6) is -0.251. The fourth-order valence-corrected chi connectivity index (χ4v) is 3.70. The summed E-state index contributed by atoms with van der Waals surface area (Å²) in [5.41, 5.74) is 3.86. The van der Waals surface area contributed by atoms with E-state index in [1.54, 1.807) is 22.3 Å². The molecule has 0 unspecified atom stereocenters. The van der Waals surface area contributed by atoms with Crippen molar-refractivity contribution in [3.8, 4) is 0 Å². The molecule has 0 aliphatic heterocycles. The minimum atomic E-state index is -0.284. The maximum Gasteiger partial charge on any atom is 0.227 e. The number of thiophene rings is 1. The molecule has 0 aliphatic carbocycles. The number of carbonyl (C=O) groups excluding carboxylic acids is 1. The van der Waals surface area contributed by atoms with Gasteiger partial charge in [-0.3, -0.25) is 4.79 Å². The van der Waals surface area contributed by atoms with Crippen molar-refractivity contribution in [2.75, 3.05) is 7.05 Å². The van der Waals surface area contributed by atoms with E-state index in [-0.39, 0.29) is 18.1 Å². The van der Waals surface area contributed by atoms with Crippen LogP contribution in [0.15, 0.2) is 29.6 Å². The number of nitrogens with zero attached hydrogens (tertiary/aromatic N) is 1. The van der Waals surface area contributed by atoms with Gasteiger partial charge in [-0.05, 0) is 54.6 Å². The van der Waals surface area contributed by atoms with Crippen molar-refractivity contribution in [2.24, 2.45) is 0 Å². The summed E-state index contributed by atoms with van der Waals surface area (Å²) in [6.07, 6.45) is 0.274. The van der Waals surface area contributed by atoms with Crippen molar-refractivity contribution in [1.29, 1.82) is 0 Å². The number of rotatable bonds is 4. The van der Waals surface area contributed by atoms with Gasteiger partial charge in [0.1, 0.15) is 5.82 Å². The second kappa shape index (κ2) is 6.16. The van der Waals surface area contributed by atoms with Crippen LogP contribution in [0, 0.1) is 19.7 Å². The van der Waals surface area contributed by atoms with Gasteiger partial charge in [0.2, 0.25) is 5.91 Å². The number of amides is 1. The molecule has 0 atom stereocenters. The van der Waals surface area contributed by atoms with Crippen molar-refractivity contribution < 1.29 is 9.18 Å². The van der Waals surface area contributed by atoms with Crippen LogP contribution in [0.5, 0.6) is 0 Å². The smallest absolute Gasteiger partial charge is 0.227 e. The number of aryl methyl sites for hydroxylation is 2. The lowest BCUT2D eigenvalue weighted by molar-refractivity contribution is -0.129. The van der Waals surface area contributed by atoms with Gasteiger partial charge in [0.25, 0.3) is 0 Å². The molecule has 0 saturated carbocycles.